The Hall–Kier alpha value is -3.93. The molecular formula is C26H24N2O4. The molecule has 1 N–H and O–H groups in total. The molecule has 1 atom stereocenters. The first-order valence-corrected chi connectivity index (χ1v) is 10.4. The molecule has 1 unspecified atom stereocenters. The average Bonchev–Trinajstić information content (AvgIpc) is 3.14. The molecule has 1 heterocycles. The zero-order chi connectivity index (χ0) is 22.7. The number of hydrogen-bond donors (Lipinski definition) is 1. The van der Waals surface area contributed by atoms with E-state index in [9.17, 15) is 14.4 Å². The Bertz CT molecular complexity index is 1150. The summed E-state index contributed by atoms with van der Waals surface area (Å²) in [7, 11) is 1.32. The van der Waals surface area contributed by atoms with Gasteiger partial charge in [-0.15, -0.1) is 0 Å². The molecule has 0 aromatic heterocycles. The Morgan fingerprint density at radius 2 is 1.69 bits per heavy atom. The summed E-state index contributed by atoms with van der Waals surface area (Å²) in [5.74, 6) is -0.721. The van der Waals surface area contributed by atoms with Crippen molar-refractivity contribution in [1.29, 1.82) is 0 Å². The highest BCUT2D eigenvalue weighted by atomic mass is 16.5. The minimum atomic E-state index is -0.436. The number of nitrogens with zero attached hydrogens (tertiary/aromatic N) is 1. The molecule has 6 heteroatoms. The van der Waals surface area contributed by atoms with Crippen molar-refractivity contribution in [1.82, 2.24) is 4.90 Å². The fraction of sp³-hybridized carbons (Fsp3) is 0.192. The van der Waals surface area contributed by atoms with E-state index in [1.54, 1.807) is 29.2 Å². The Balaban J connectivity index is 1.54. The number of nitrogens with one attached hydrogen (secondary N) is 1. The Morgan fingerprint density at radius 1 is 1.00 bits per heavy atom. The molecule has 1 aliphatic rings. The van der Waals surface area contributed by atoms with Crippen molar-refractivity contribution in [2.75, 3.05) is 12.4 Å². The Morgan fingerprint density at radius 3 is 2.34 bits per heavy atom. The van der Waals surface area contributed by atoms with Crippen molar-refractivity contribution in [3.8, 4) is 0 Å². The molecule has 3 aromatic carbocycles. The van der Waals surface area contributed by atoms with Gasteiger partial charge < -0.3 is 15.0 Å². The summed E-state index contributed by atoms with van der Waals surface area (Å²) in [4.78, 5) is 39.4. The second-order valence-electron chi connectivity index (χ2n) is 7.84. The number of fused-ring (bicyclic) bond motifs is 1. The second-order valence-corrected chi connectivity index (χ2v) is 7.84. The normalized spacial score (nSPS) is 13.4. The minimum Gasteiger partial charge on any atom is -0.465 e. The van der Waals surface area contributed by atoms with E-state index < -0.39 is 12.0 Å². The lowest BCUT2D eigenvalue weighted by Gasteiger charge is -2.28. The smallest absolute Gasteiger partial charge is 0.337 e. The van der Waals surface area contributed by atoms with Crippen molar-refractivity contribution >= 4 is 23.5 Å². The molecule has 162 valence electrons. The van der Waals surface area contributed by atoms with Crippen LogP contribution in [0.5, 0.6) is 0 Å². The number of aryl methyl sites for hydroxylation is 1. The van der Waals surface area contributed by atoms with Gasteiger partial charge in [-0.1, -0.05) is 48.0 Å². The first-order chi connectivity index (χ1) is 15.5. The topological polar surface area (TPSA) is 75.7 Å². The number of anilines is 1. The molecule has 4 rings (SSSR count). The molecule has 32 heavy (non-hydrogen) atoms. The number of methoxy groups -OCH3 is 1. The van der Waals surface area contributed by atoms with E-state index in [1.807, 2.05) is 55.5 Å². The van der Waals surface area contributed by atoms with E-state index in [0.717, 1.165) is 16.7 Å². The molecule has 0 bridgehead atoms. The van der Waals surface area contributed by atoms with E-state index in [2.05, 4.69) is 5.32 Å². The third-order valence-corrected chi connectivity index (χ3v) is 5.66. The van der Waals surface area contributed by atoms with Crippen LogP contribution < -0.4 is 5.32 Å². The summed E-state index contributed by atoms with van der Waals surface area (Å²) in [5.41, 5.74) is 4.65. The molecular weight excluding hydrogens is 404 g/mol. The van der Waals surface area contributed by atoms with Crippen LogP contribution in [0.1, 0.15) is 49.9 Å². The number of hydrogen-bond acceptors (Lipinski definition) is 4. The maximum absolute atomic E-state index is 13.1. The number of ether oxygens (including phenoxy) is 1. The molecule has 0 saturated heterocycles. The van der Waals surface area contributed by atoms with Crippen molar-refractivity contribution < 1.29 is 19.1 Å². The quantitative estimate of drug-likeness (QED) is 0.586. The van der Waals surface area contributed by atoms with Gasteiger partial charge in [-0.2, -0.15) is 0 Å². The van der Waals surface area contributed by atoms with Gasteiger partial charge >= 0.3 is 5.97 Å². The Labute approximate surface area is 186 Å². The van der Waals surface area contributed by atoms with E-state index in [1.165, 1.54) is 7.11 Å². The van der Waals surface area contributed by atoms with Crippen molar-refractivity contribution in [3.05, 3.63) is 101 Å². The van der Waals surface area contributed by atoms with Gasteiger partial charge in [0.2, 0.25) is 5.91 Å². The van der Waals surface area contributed by atoms with Gasteiger partial charge in [0.05, 0.1) is 25.1 Å². The summed E-state index contributed by atoms with van der Waals surface area (Å²) in [6, 6.07) is 21.6. The predicted molar refractivity (Wildman–Crippen MR) is 121 cm³/mol. The molecule has 6 nitrogen and oxygen atoms in total. The summed E-state index contributed by atoms with van der Waals surface area (Å²) in [6.45, 7) is 2.47. The fourth-order valence-electron chi connectivity index (χ4n) is 3.92. The van der Waals surface area contributed by atoms with Crippen LogP contribution in [0.3, 0.4) is 0 Å². The van der Waals surface area contributed by atoms with Crippen LogP contribution >= 0.6 is 0 Å². The van der Waals surface area contributed by atoms with Gasteiger partial charge in [-0.3, -0.25) is 9.59 Å². The van der Waals surface area contributed by atoms with Gasteiger partial charge in [0.1, 0.15) is 0 Å². The molecule has 0 spiro atoms. The van der Waals surface area contributed by atoms with Crippen molar-refractivity contribution in [3.63, 3.8) is 0 Å². The predicted octanol–water partition coefficient (Wildman–Crippen LogP) is 4.51. The van der Waals surface area contributed by atoms with Crippen LogP contribution in [0.15, 0.2) is 72.8 Å². The van der Waals surface area contributed by atoms with Crippen LogP contribution in [0, 0.1) is 6.92 Å². The van der Waals surface area contributed by atoms with Gasteiger partial charge in [-0.25, -0.2) is 4.79 Å². The van der Waals surface area contributed by atoms with Gasteiger partial charge in [-0.05, 0) is 48.4 Å². The minimum absolute atomic E-state index is 0.0681. The molecule has 3 aromatic rings. The lowest BCUT2D eigenvalue weighted by Crippen LogP contribution is -2.32. The first-order valence-electron chi connectivity index (χ1n) is 10.4. The number of carbonyl (C=O) groups excluding carboxylic acids is 3. The van der Waals surface area contributed by atoms with E-state index >= 15 is 0 Å². The third-order valence-electron chi connectivity index (χ3n) is 5.66. The largest absolute Gasteiger partial charge is 0.465 e. The third kappa shape index (κ3) is 4.39. The number of amides is 2. The van der Waals surface area contributed by atoms with Crippen molar-refractivity contribution in [2.45, 2.75) is 25.9 Å². The zero-order valence-corrected chi connectivity index (χ0v) is 18.0. The molecule has 2 amide bonds. The van der Waals surface area contributed by atoms with E-state index in [0.29, 0.717) is 23.4 Å². The highest BCUT2D eigenvalue weighted by molar-refractivity contribution is 5.99. The number of carbonyl (C=O) groups is 3. The van der Waals surface area contributed by atoms with Crippen LogP contribution in [-0.2, 0) is 16.1 Å². The highest BCUT2D eigenvalue weighted by Gasteiger charge is 2.34. The highest BCUT2D eigenvalue weighted by Crippen LogP contribution is 2.33. The lowest BCUT2D eigenvalue weighted by molar-refractivity contribution is -0.117. The number of esters is 1. The first kappa shape index (κ1) is 21.3. The van der Waals surface area contributed by atoms with Gasteiger partial charge in [0.15, 0.2) is 0 Å². The summed E-state index contributed by atoms with van der Waals surface area (Å²) in [6.07, 6.45) is 0.113. The summed E-state index contributed by atoms with van der Waals surface area (Å²) in [5, 5.41) is 2.87. The van der Waals surface area contributed by atoms with E-state index in [4.69, 9.17) is 4.74 Å². The summed E-state index contributed by atoms with van der Waals surface area (Å²) >= 11 is 0. The molecule has 0 aliphatic carbocycles. The maximum atomic E-state index is 13.1. The van der Waals surface area contributed by atoms with Gasteiger partial charge in [0, 0.05) is 17.8 Å². The number of benzene rings is 3. The Kier molecular flexibility index (Phi) is 6.03. The molecule has 1 aliphatic heterocycles. The second kappa shape index (κ2) is 9.06. The fourth-order valence-corrected chi connectivity index (χ4v) is 3.92. The zero-order valence-electron chi connectivity index (χ0n) is 18.0. The van der Waals surface area contributed by atoms with Crippen LogP contribution in [0.2, 0.25) is 0 Å². The standard InChI is InChI=1S/C26H24N2O4/c1-17-7-9-18(10-8-17)23(28-16-20-5-3-4-6-22(20)25(28)30)15-24(29)27-21-13-11-19(12-14-21)26(31)32-2/h3-14,23H,15-16H2,1-2H3,(H,27,29). The van der Waals surface area contributed by atoms with Crippen LogP contribution in [0.25, 0.3) is 0 Å². The molecule has 0 fully saturated rings. The van der Waals surface area contributed by atoms with Crippen LogP contribution in [0.4, 0.5) is 5.69 Å². The average molecular weight is 428 g/mol. The van der Waals surface area contributed by atoms with Crippen molar-refractivity contribution in [2.24, 2.45) is 0 Å². The molecule has 0 saturated carbocycles. The summed E-state index contributed by atoms with van der Waals surface area (Å²) < 4.78 is 4.70. The SMILES string of the molecule is COC(=O)c1ccc(NC(=O)CC(c2ccc(C)cc2)N2Cc3ccccc3C2=O)cc1. The van der Waals surface area contributed by atoms with E-state index in [-0.39, 0.29) is 18.2 Å². The van der Waals surface area contributed by atoms with Gasteiger partial charge in [0.25, 0.3) is 5.91 Å². The lowest BCUT2D eigenvalue weighted by atomic mass is 10.00. The maximum Gasteiger partial charge on any atom is 0.337 e. The molecule has 0 radical (unpaired) electrons. The number of rotatable bonds is 6. The monoisotopic (exact) mass is 428 g/mol. The van der Waals surface area contributed by atoms with Crippen LogP contribution in [-0.4, -0.2) is 29.8 Å².